The molecule has 4 nitrogen and oxygen atoms in total. The molecule has 20 heavy (non-hydrogen) atoms. The largest absolute Gasteiger partial charge is 0.355 e. The van der Waals surface area contributed by atoms with E-state index < -0.39 is 6.04 Å². The van der Waals surface area contributed by atoms with E-state index in [1.54, 1.807) is 30.9 Å². The molecule has 110 valence electrons. The van der Waals surface area contributed by atoms with Crippen molar-refractivity contribution >= 4 is 23.4 Å². The van der Waals surface area contributed by atoms with Gasteiger partial charge in [-0.2, -0.15) is 0 Å². The van der Waals surface area contributed by atoms with Gasteiger partial charge in [-0.3, -0.25) is 9.59 Å². The van der Waals surface area contributed by atoms with Crippen molar-refractivity contribution in [2.24, 2.45) is 0 Å². The van der Waals surface area contributed by atoms with Crippen molar-refractivity contribution in [2.45, 2.75) is 39.8 Å². The second-order valence-electron chi connectivity index (χ2n) is 4.57. The fourth-order valence-electron chi connectivity index (χ4n) is 1.89. The summed E-state index contributed by atoms with van der Waals surface area (Å²) in [5, 5.41) is 3.40. The molecular formula is C15H21ClN2O2. The van der Waals surface area contributed by atoms with Crippen LogP contribution in [0.25, 0.3) is 0 Å². The lowest BCUT2D eigenvalue weighted by Crippen LogP contribution is -2.47. The van der Waals surface area contributed by atoms with Crippen molar-refractivity contribution in [3.05, 3.63) is 34.9 Å². The summed E-state index contributed by atoms with van der Waals surface area (Å²) < 4.78 is 0. The van der Waals surface area contributed by atoms with E-state index >= 15 is 0 Å². The molecule has 1 atom stereocenters. The van der Waals surface area contributed by atoms with Crippen LogP contribution in [0.5, 0.6) is 0 Å². The van der Waals surface area contributed by atoms with Gasteiger partial charge < -0.3 is 10.2 Å². The lowest BCUT2D eigenvalue weighted by molar-refractivity contribution is -0.140. The van der Waals surface area contributed by atoms with Gasteiger partial charge in [-0.1, -0.05) is 30.7 Å². The zero-order chi connectivity index (χ0) is 15.1. The van der Waals surface area contributed by atoms with Crippen LogP contribution in [0.15, 0.2) is 24.3 Å². The number of amides is 2. The Hall–Kier alpha value is -1.55. The van der Waals surface area contributed by atoms with E-state index in [1.165, 1.54) is 0 Å². The molecule has 0 aliphatic rings. The molecule has 0 saturated heterocycles. The third-order valence-electron chi connectivity index (χ3n) is 3.09. The van der Waals surface area contributed by atoms with Gasteiger partial charge in [-0.05, 0) is 31.5 Å². The molecular weight excluding hydrogens is 276 g/mol. The molecule has 5 heteroatoms. The van der Waals surface area contributed by atoms with E-state index in [9.17, 15) is 9.59 Å². The maximum Gasteiger partial charge on any atom is 0.242 e. The Kier molecular flexibility index (Phi) is 6.52. The maximum absolute atomic E-state index is 12.1. The van der Waals surface area contributed by atoms with Crippen LogP contribution >= 0.6 is 11.6 Å². The summed E-state index contributed by atoms with van der Waals surface area (Å²) in [4.78, 5) is 25.6. The fourth-order valence-corrected chi connectivity index (χ4v) is 2.02. The maximum atomic E-state index is 12.1. The topological polar surface area (TPSA) is 49.4 Å². The summed E-state index contributed by atoms with van der Waals surface area (Å²) in [6.45, 7) is 6.35. The molecule has 1 rings (SSSR count). The van der Waals surface area contributed by atoms with Gasteiger partial charge in [0.1, 0.15) is 6.04 Å². The van der Waals surface area contributed by atoms with Gasteiger partial charge in [0.2, 0.25) is 11.8 Å². The summed E-state index contributed by atoms with van der Waals surface area (Å²) >= 11 is 5.85. The standard InChI is InChI=1S/C15H21ClN2O2/c1-4-14(19)18(11(3)15(20)17-5-2)10-12-6-8-13(16)9-7-12/h6-9,11H,4-5,10H2,1-3H3,(H,17,20)/t11-/m1/s1. The van der Waals surface area contributed by atoms with Crippen molar-refractivity contribution in [3.63, 3.8) is 0 Å². The lowest BCUT2D eigenvalue weighted by atomic mass is 10.1. The summed E-state index contributed by atoms with van der Waals surface area (Å²) in [5.41, 5.74) is 0.951. The predicted molar refractivity (Wildman–Crippen MR) is 80.4 cm³/mol. The van der Waals surface area contributed by atoms with Crippen molar-refractivity contribution in [2.75, 3.05) is 6.54 Å². The summed E-state index contributed by atoms with van der Waals surface area (Å²) in [5.74, 6) is -0.179. The minimum atomic E-state index is -0.488. The normalized spacial score (nSPS) is 11.8. The lowest BCUT2D eigenvalue weighted by Gasteiger charge is -2.28. The molecule has 0 spiro atoms. The average molecular weight is 297 g/mol. The van der Waals surface area contributed by atoms with Crippen LogP contribution in [0.1, 0.15) is 32.8 Å². The number of nitrogens with one attached hydrogen (secondary N) is 1. The number of halogens is 1. The molecule has 1 N–H and O–H groups in total. The van der Waals surface area contributed by atoms with E-state index in [2.05, 4.69) is 5.32 Å². The Bertz CT molecular complexity index is 459. The number of hydrogen-bond donors (Lipinski definition) is 1. The minimum absolute atomic E-state index is 0.0429. The van der Waals surface area contributed by atoms with Gasteiger partial charge in [0.05, 0.1) is 0 Å². The smallest absolute Gasteiger partial charge is 0.242 e. The second kappa shape index (κ2) is 7.90. The molecule has 0 bridgehead atoms. The molecule has 0 aromatic heterocycles. The number of nitrogens with zero attached hydrogens (tertiary/aromatic N) is 1. The average Bonchev–Trinajstić information content (AvgIpc) is 2.45. The van der Waals surface area contributed by atoms with Gasteiger partial charge in [-0.25, -0.2) is 0 Å². The van der Waals surface area contributed by atoms with E-state index in [1.807, 2.05) is 19.1 Å². The third-order valence-corrected chi connectivity index (χ3v) is 3.34. The van der Waals surface area contributed by atoms with Crippen molar-refractivity contribution in [1.29, 1.82) is 0 Å². The van der Waals surface area contributed by atoms with E-state index in [4.69, 9.17) is 11.6 Å². The fraction of sp³-hybridized carbons (Fsp3) is 0.467. The highest BCUT2D eigenvalue weighted by molar-refractivity contribution is 6.30. The molecule has 0 aliphatic heterocycles. The Morgan fingerprint density at radius 3 is 2.35 bits per heavy atom. The Morgan fingerprint density at radius 1 is 1.25 bits per heavy atom. The second-order valence-corrected chi connectivity index (χ2v) is 5.01. The highest BCUT2D eigenvalue weighted by Crippen LogP contribution is 2.14. The first-order valence-electron chi connectivity index (χ1n) is 6.81. The molecule has 0 unspecified atom stereocenters. The number of rotatable bonds is 6. The number of benzene rings is 1. The van der Waals surface area contributed by atoms with Crippen molar-refractivity contribution < 1.29 is 9.59 Å². The Labute approximate surface area is 125 Å². The molecule has 1 aromatic rings. The molecule has 0 aliphatic carbocycles. The van der Waals surface area contributed by atoms with Crippen molar-refractivity contribution in [1.82, 2.24) is 10.2 Å². The molecule has 0 fully saturated rings. The first-order valence-corrected chi connectivity index (χ1v) is 7.19. The Balaban J connectivity index is 2.86. The predicted octanol–water partition coefficient (Wildman–Crippen LogP) is 2.60. The third kappa shape index (κ3) is 4.53. The number of hydrogen-bond acceptors (Lipinski definition) is 2. The van der Waals surface area contributed by atoms with Gasteiger partial charge in [0, 0.05) is 24.5 Å². The summed E-state index contributed by atoms with van der Waals surface area (Å²) in [7, 11) is 0. The van der Waals surface area contributed by atoms with E-state index in [-0.39, 0.29) is 11.8 Å². The first-order chi connectivity index (χ1) is 9.49. The van der Waals surface area contributed by atoms with Crippen LogP contribution in [-0.4, -0.2) is 29.3 Å². The van der Waals surface area contributed by atoms with Gasteiger partial charge >= 0.3 is 0 Å². The van der Waals surface area contributed by atoms with E-state index in [0.29, 0.717) is 24.5 Å². The highest BCUT2D eigenvalue weighted by atomic mass is 35.5. The molecule has 1 aromatic carbocycles. The van der Waals surface area contributed by atoms with Crippen molar-refractivity contribution in [3.8, 4) is 0 Å². The van der Waals surface area contributed by atoms with Crippen LogP contribution < -0.4 is 5.32 Å². The zero-order valence-electron chi connectivity index (χ0n) is 12.1. The summed E-state index contributed by atoms with van der Waals surface area (Å²) in [6.07, 6.45) is 0.372. The van der Waals surface area contributed by atoms with E-state index in [0.717, 1.165) is 5.56 Å². The monoisotopic (exact) mass is 296 g/mol. The number of carbonyl (C=O) groups excluding carboxylic acids is 2. The molecule has 0 radical (unpaired) electrons. The zero-order valence-corrected chi connectivity index (χ0v) is 12.9. The minimum Gasteiger partial charge on any atom is -0.355 e. The van der Waals surface area contributed by atoms with Gasteiger partial charge in [-0.15, -0.1) is 0 Å². The quantitative estimate of drug-likeness (QED) is 0.877. The van der Waals surface area contributed by atoms with Crippen LogP contribution in [0.2, 0.25) is 5.02 Å². The van der Waals surface area contributed by atoms with Crippen LogP contribution in [0, 0.1) is 0 Å². The van der Waals surface area contributed by atoms with Gasteiger partial charge in [0.15, 0.2) is 0 Å². The first kappa shape index (κ1) is 16.5. The molecule has 0 heterocycles. The van der Waals surface area contributed by atoms with Gasteiger partial charge in [0.25, 0.3) is 0 Å². The van der Waals surface area contributed by atoms with Crippen LogP contribution in [0.3, 0.4) is 0 Å². The van der Waals surface area contributed by atoms with Crippen LogP contribution in [0.4, 0.5) is 0 Å². The molecule has 2 amide bonds. The number of likely N-dealkylation sites (N-methyl/N-ethyl adjacent to an activating group) is 1. The SMILES string of the molecule is CCNC(=O)[C@@H](C)N(Cc1ccc(Cl)cc1)C(=O)CC. The highest BCUT2D eigenvalue weighted by Gasteiger charge is 2.24. The van der Waals surface area contributed by atoms with Crippen LogP contribution in [-0.2, 0) is 16.1 Å². The molecule has 0 saturated carbocycles. The number of carbonyl (C=O) groups is 2. The summed E-state index contributed by atoms with van der Waals surface area (Å²) in [6, 6.07) is 6.80. The Morgan fingerprint density at radius 2 is 1.85 bits per heavy atom.